The van der Waals surface area contributed by atoms with E-state index in [1.165, 1.54) is 30.4 Å². The molecule has 5 nitrogen and oxygen atoms in total. The normalized spacial score (nSPS) is 29.4. The molecule has 4 saturated carbocycles. The van der Waals surface area contributed by atoms with E-state index in [0.29, 0.717) is 17.5 Å². The zero-order valence-electron chi connectivity index (χ0n) is 20.3. The average molecular weight is 456 g/mol. The molecule has 2 unspecified atom stereocenters. The fourth-order valence-electron chi connectivity index (χ4n) is 7.73. The van der Waals surface area contributed by atoms with Gasteiger partial charge in [0.05, 0.1) is 16.8 Å². The Morgan fingerprint density at radius 2 is 1.59 bits per heavy atom. The van der Waals surface area contributed by atoms with Gasteiger partial charge in [-0.15, -0.1) is 0 Å². The van der Waals surface area contributed by atoms with E-state index in [1.54, 1.807) is 4.68 Å². The first-order chi connectivity index (χ1) is 16.3. The van der Waals surface area contributed by atoms with Crippen molar-refractivity contribution in [2.45, 2.75) is 57.8 Å². The Morgan fingerprint density at radius 1 is 0.941 bits per heavy atom. The summed E-state index contributed by atoms with van der Waals surface area (Å²) in [5, 5.41) is 3.15. The van der Waals surface area contributed by atoms with E-state index >= 15 is 0 Å². The molecule has 3 aromatic rings. The van der Waals surface area contributed by atoms with Crippen LogP contribution < -0.4 is 10.9 Å². The van der Waals surface area contributed by atoms with Crippen LogP contribution in [-0.2, 0) is 17.3 Å². The maximum absolute atomic E-state index is 14.0. The zero-order chi connectivity index (χ0) is 23.7. The molecule has 0 saturated heterocycles. The van der Waals surface area contributed by atoms with Gasteiger partial charge < -0.3 is 5.32 Å². The first-order valence-corrected chi connectivity index (χ1v) is 12.5. The van der Waals surface area contributed by atoms with E-state index in [9.17, 15) is 9.59 Å². The second kappa shape index (κ2) is 7.46. The maximum Gasteiger partial charge on any atom is 0.295 e. The summed E-state index contributed by atoms with van der Waals surface area (Å²) in [7, 11) is 1.87. The van der Waals surface area contributed by atoms with E-state index in [-0.39, 0.29) is 22.3 Å². The molecule has 4 bridgehead atoms. The van der Waals surface area contributed by atoms with Gasteiger partial charge in [-0.05, 0) is 87.3 Å². The number of aromatic nitrogens is 2. The third kappa shape index (κ3) is 3.13. The number of amides is 1. The van der Waals surface area contributed by atoms with Gasteiger partial charge in [-0.25, -0.2) is 4.68 Å². The van der Waals surface area contributed by atoms with Crippen LogP contribution in [0.2, 0.25) is 0 Å². The van der Waals surface area contributed by atoms with Crippen molar-refractivity contribution in [2.75, 3.05) is 5.32 Å². The van der Waals surface area contributed by atoms with Gasteiger partial charge in [-0.3, -0.25) is 14.3 Å². The van der Waals surface area contributed by atoms with Crippen LogP contribution >= 0.6 is 0 Å². The molecule has 7 rings (SSSR count). The predicted octanol–water partition coefficient (Wildman–Crippen LogP) is 5.27. The van der Waals surface area contributed by atoms with E-state index < -0.39 is 0 Å². The molecule has 4 fully saturated rings. The van der Waals surface area contributed by atoms with Crippen molar-refractivity contribution in [1.82, 2.24) is 9.36 Å². The number of anilines is 1. The predicted molar refractivity (Wildman–Crippen MR) is 134 cm³/mol. The Hall–Kier alpha value is -3.08. The Labute approximate surface area is 200 Å². The third-order valence-corrected chi connectivity index (χ3v) is 9.00. The lowest BCUT2D eigenvalue weighted by Gasteiger charge is -2.61. The number of hydrogen-bond acceptors (Lipinski definition) is 2. The summed E-state index contributed by atoms with van der Waals surface area (Å²) in [5.74, 6) is 1.22. The molecular formula is C29H33N3O2. The molecule has 176 valence electrons. The van der Waals surface area contributed by atoms with Crippen molar-refractivity contribution < 1.29 is 4.79 Å². The van der Waals surface area contributed by atoms with Crippen LogP contribution in [0, 0.1) is 31.1 Å². The highest BCUT2D eigenvalue weighted by Crippen LogP contribution is 2.66. The highest BCUT2D eigenvalue weighted by molar-refractivity contribution is 5.96. The maximum atomic E-state index is 14.0. The molecule has 1 amide bonds. The number of hydrogen-bond donors (Lipinski definition) is 1. The Balaban J connectivity index is 1.35. The standard InChI is InChI=1S/C29H33N3O2/c1-19-9-11-23(12-10-19)28-14-21-13-22(15-28)17-29(16-21,18-28)27(34)30-25-20(2)31(3)32(26(25)33)24-7-5-4-6-8-24/h4-12,21-22H,13-18H2,1-3H3,(H,30,34). The lowest BCUT2D eigenvalue weighted by atomic mass is 9.42. The van der Waals surface area contributed by atoms with Gasteiger partial charge in [-0.1, -0.05) is 48.0 Å². The van der Waals surface area contributed by atoms with Crippen molar-refractivity contribution >= 4 is 11.6 Å². The van der Waals surface area contributed by atoms with E-state index in [0.717, 1.165) is 30.6 Å². The highest BCUT2D eigenvalue weighted by atomic mass is 16.2. The van der Waals surface area contributed by atoms with Crippen LogP contribution in [0.4, 0.5) is 5.69 Å². The first-order valence-electron chi connectivity index (χ1n) is 12.5. The summed E-state index contributed by atoms with van der Waals surface area (Å²) in [4.78, 5) is 27.4. The van der Waals surface area contributed by atoms with Crippen molar-refractivity contribution in [3.63, 3.8) is 0 Å². The van der Waals surface area contributed by atoms with Crippen molar-refractivity contribution in [3.8, 4) is 5.69 Å². The summed E-state index contributed by atoms with van der Waals surface area (Å²) in [6.07, 6.45) is 6.40. The number of benzene rings is 2. The second-order valence-electron chi connectivity index (χ2n) is 11.3. The quantitative estimate of drug-likeness (QED) is 0.583. The number of nitrogens with zero attached hydrogens (tertiary/aromatic N) is 2. The molecule has 1 aromatic heterocycles. The summed E-state index contributed by atoms with van der Waals surface area (Å²) in [6.45, 7) is 4.03. The smallest absolute Gasteiger partial charge is 0.295 e. The van der Waals surface area contributed by atoms with Crippen molar-refractivity contribution in [2.24, 2.45) is 24.3 Å². The van der Waals surface area contributed by atoms with E-state index in [4.69, 9.17) is 0 Å². The summed E-state index contributed by atoms with van der Waals surface area (Å²) in [5.41, 5.74) is 4.19. The molecule has 5 heteroatoms. The van der Waals surface area contributed by atoms with Crippen LogP contribution in [0.15, 0.2) is 59.4 Å². The van der Waals surface area contributed by atoms with Crippen LogP contribution in [-0.4, -0.2) is 15.3 Å². The fraction of sp³-hybridized carbons (Fsp3) is 0.448. The van der Waals surface area contributed by atoms with E-state index in [1.807, 2.05) is 49.0 Å². The average Bonchev–Trinajstić information content (AvgIpc) is 3.02. The van der Waals surface area contributed by atoms with E-state index in [2.05, 4.69) is 36.5 Å². The zero-order valence-corrected chi connectivity index (χ0v) is 20.3. The number of carbonyl (C=O) groups is 1. The fourth-order valence-corrected chi connectivity index (χ4v) is 7.73. The third-order valence-electron chi connectivity index (χ3n) is 9.00. The molecule has 2 aromatic carbocycles. The molecule has 4 aliphatic rings. The minimum atomic E-state index is -0.388. The number of rotatable bonds is 4. The molecule has 34 heavy (non-hydrogen) atoms. The Bertz CT molecular complexity index is 1300. The topological polar surface area (TPSA) is 56.0 Å². The molecule has 1 N–H and O–H groups in total. The van der Waals surface area contributed by atoms with Crippen molar-refractivity contribution in [1.29, 1.82) is 0 Å². The Morgan fingerprint density at radius 3 is 2.24 bits per heavy atom. The van der Waals surface area contributed by atoms with Crippen molar-refractivity contribution in [3.05, 3.63) is 81.8 Å². The minimum absolute atomic E-state index is 0.0455. The molecule has 0 aliphatic heterocycles. The second-order valence-corrected chi connectivity index (χ2v) is 11.3. The van der Waals surface area contributed by atoms with Gasteiger partial charge >= 0.3 is 0 Å². The molecular weight excluding hydrogens is 422 g/mol. The minimum Gasteiger partial charge on any atom is -0.319 e. The largest absolute Gasteiger partial charge is 0.319 e. The molecule has 4 aliphatic carbocycles. The molecule has 2 atom stereocenters. The van der Waals surface area contributed by atoms with Gasteiger partial charge in [-0.2, -0.15) is 0 Å². The number of carbonyl (C=O) groups excluding carboxylic acids is 1. The van der Waals surface area contributed by atoms with Gasteiger partial charge in [0.2, 0.25) is 5.91 Å². The highest BCUT2D eigenvalue weighted by Gasteiger charge is 2.61. The molecule has 1 heterocycles. The summed E-state index contributed by atoms with van der Waals surface area (Å²) in [6, 6.07) is 18.6. The summed E-state index contributed by atoms with van der Waals surface area (Å²) >= 11 is 0. The number of para-hydroxylation sites is 1. The number of aryl methyl sites for hydroxylation is 1. The number of nitrogens with one attached hydrogen (secondary N) is 1. The lowest BCUT2D eigenvalue weighted by Crippen LogP contribution is -2.58. The lowest BCUT2D eigenvalue weighted by molar-refractivity contribution is -0.143. The molecule has 0 radical (unpaired) electrons. The van der Waals surface area contributed by atoms with Crippen LogP contribution in [0.25, 0.3) is 5.69 Å². The summed E-state index contributed by atoms with van der Waals surface area (Å²) < 4.78 is 3.47. The van der Waals surface area contributed by atoms with Gasteiger partial charge in [0.25, 0.3) is 5.56 Å². The van der Waals surface area contributed by atoms with Crippen LogP contribution in [0.5, 0.6) is 0 Å². The first kappa shape index (κ1) is 21.5. The van der Waals surface area contributed by atoms with Crippen LogP contribution in [0.3, 0.4) is 0 Å². The van der Waals surface area contributed by atoms with Gasteiger partial charge in [0, 0.05) is 7.05 Å². The Kier molecular flexibility index (Phi) is 4.71. The monoisotopic (exact) mass is 455 g/mol. The van der Waals surface area contributed by atoms with Gasteiger partial charge in [0.15, 0.2) is 0 Å². The SMILES string of the molecule is Cc1ccc(C23CC4CC(CC(C(=O)Nc5c(C)n(C)n(-c6ccccc6)c5=O)(C4)C2)C3)cc1. The molecule has 0 spiro atoms. The van der Waals surface area contributed by atoms with Gasteiger partial charge in [0.1, 0.15) is 5.69 Å². The van der Waals surface area contributed by atoms with Crippen LogP contribution in [0.1, 0.15) is 55.3 Å².